The summed E-state index contributed by atoms with van der Waals surface area (Å²) in [6, 6.07) is 8.00. The van der Waals surface area contributed by atoms with Gasteiger partial charge in [-0.05, 0) is 50.1 Å². The molecule has 0 aliphatic carbocycles. The first kappa shape index (κ1) is 15.9. The van der Waals surface area contributed by atoms with Crippen LogP contribution in [0.3, 0.4) is 0 Å². The van der Waals surface area contributed by atoms with Gasteiger partial charge in [0.25, 0.3) is 0 Å². The van der Waals surface area contributed by atoms with Crippen LogP contribution in [0.4, 0.5) is 0 Å². The molecule has 0 spiro atoms. The molecular weight excluding hydrogens is 285 g/mol. The number of hydrogen-bond donors (Lipinski definition) is 0. The van der Waals surface area contributed by atoms with Crippen LogP contribution in [-0.2, 0) is 13.6 Å². The predicted molar refractivity (Wildman–Crippen MR) is 86.4 cm³/mol. The molecule has 0 saturated heterocycles. The summed E-state index contributed by atoms with van der Waals surface area (Å²) in [6.07, 6.45) is 3.59. The minimum Gasteiger partial charge on any atom is -0.306 e. The van der Waals surface area contributed by atoms with Crippen molar-refractivity contribution in [2.24, 2.45) is 0 Å². The van der Waals surface area contributed by atoms with E-state index in [-0.39, 0.29) is 0 Å². The summed E-state index contributed by atoms with van der Waals surface area (Å²) in [4.78, 5) is 4.39. The lowest BCUT2D eigenvalue weighted by atomic mass is 10.1. The summed E-state index contributed by atoms with van der Waals surface area (Å²) < 4.78 is 22.8. The molecule has 0 atom stereocenters. The van der Waals surface area contributed by atoms with Crippen molar-refractivity contribution in [2.45, 2.75) is 20.8 Å². The maximum absolute atomic E-state index is 12.3. The van der Waals surface area contributed by atoms with E-state index in [0.717, 1.165) is 22.0 Å². The van der Waals surface area contributed by atoms with Gasteiger partial charge in [-0.1, -0.05) is 12.1 Å². The molecule has 0 unspecified atom stereocenters. The molecule has 1 aromatic heterocycles. The van der Waals surface area contributed by atoms with Crippen LogP contribution in [0.15, 0.2) is 36.3 Å². The number of pyridine rings is 1. The van der Waals surface area contributed by atoms with Crippen molar-refractivity contribution in [3.05, 3.63) is 47.4 Å². The minimum absolute atomic E-state index is 0.347. The quantitative estimate of drug-likeness (QED) is 0.721. The molecule has 0 fully saturated rings. The highest BCUT2D eigenvalue weighted by atomic mass is 31.2. The van der Waals surface area contributed by atoms with Gasteiger partial charge in [-0.2, -0.15) is 0 Å². The van der Waals surface area contributed by atoms with Gasteiger partial charge in [0, 0.05) is 17.4 Å². The van der Waals surface area contributed by atoms with Crippen LogP contribution in [0.5, 0.6) is 0 Å². The Morgan fingerprint density at radius 2 is 1.90 bits per heavy atom. The van der Waals surface area contributed by atoms with Gasteiger partial charge in [0.15, 0.2) is 0 Å². The molecule has 0 amide bonds. The van der Waals surface area contributed by atoms with Gasteiger partial charge < -0.3 is 9.05 Å². The van der Waals surface area contributed by atoms with Gasteiger partial charge in [-0.25, -0.2) is 0 Å². The Balaban J connectivity index is 2.27. The maximum Gasteiger partial charge on any atom is 0.354 e. The zero-order valence-corrected chi connectivity index (χ0v) is 13.5. The summed E-state index contributed by atoms with van der Waals surface area (Å²) in [5, 5.41) is 1.09. The molecule has 1 aromatic carbocycles. The SMILES string of the molecule is CCOP(=O)(/C=C/c1ccc2cc(C)cnc2c1)OCC. The van der Waals surface area contributed by atoms with E-state index in [2.05, 4.69) is 11.1 Å². The average molecular weight is 305 g/mol. The van der Waals surface area contributed by atoms with Crippen LogP contribution in [0.25, 0.3) is 17.0 Å². The second kappa shape index (κ2) is 6.99. The van der Waals surface area contributed by atoms with Crippen LogP contribution in [0.1, 0.15) is 25.0 Å². The Bertz CT molecular complexity index is 687. The number of fused-ring (bicyclic) bond motifs is 1. The molecule has 21 heavy (non-hydrogen) atoms. The van der Waals surface area contributed by atoms with E-state index in [1.807, 2.05) is 31.3 Å². The van der Waals surface area contributed by atoms with E-state index >= 15 is 0 Å². The summed E-state index contributed by atoms with van der Waals surface area (Å²) >= 11 is 0. The fourth-order valence-corrected chi connectivity index (χ4v) is 3.33. The van der Waals surface area contributed by atoms with Gasteiger partial charge >= 0.3 is 7.60 Å². The predicted octanol–water partition coefficient (Wildman–Crippen LogP) is 4.78. The topological polar surface area (TPSA) is 48.4 Å². The van der Waals surface area contributed by atoms with E-state index in [9.17, 15) is 4.57 Å². The third kappa shape index (κ3) is 4.24. The van der Waals surface area contributed by atoms with Crippen LogP contribution in [0, 0.1) is 6.92 Å². The Kier molecular flexibility index (Phi) is 5.29. The van der Waals surface area contributed by atoms with Crippen LogP contribution < -0.4 is 0 Å². The number of benzene rings is 1. The van der Waals surface area contributed by atoms with Crippen molar-refractivity contribution in [1.82, 2.24) is 4.98 Å². The Morgan fingerprint density at radius 1 is 1.19 bits per heavy atom. The number of aryl methyl sites for hydroxylation is 1. The lowest BCUT2D eigenvalue weighted by Crippen LogP contribution is -1.92. The molecule has 0 bridgehead atoms. The second-order valence-electron chi connectivity index (χ2n) is 4.66. The third-order valence-corrected chi connectivity index (χ3v) is 4.66. The van der Waals surface area contributed by atoms with E-state index in [0.29, 0.717) is 13.2 Å². The zero-order valence-electron chi connectivity index (χ0n) is 12.6. The fraction of sp³-hybridized carbons (Fsp3) is 0.312. The van der Waals surface area contributed by atoms with Crippen LogP contribution in [-0.4, -0.2) is 18.2 Å². The van der Waals surface area contributed by atoms with Crippen molar-refractivity contribution < 1.29 is 13.6 Å². The van der Waals surface area contributed by atoms with Crippen molar-refractivity contribution in [3.8, 4) is 0 Å². The van der Waals surface area contributed by atoms with Crippen LogP contribution >= 0.6 is 7.60 Å². The Morgan fingerprint density at radius 3 is 2.57 bits per heavy atom. The first-order chi connectivity index (χ1) is 10.1. The van der Waals surface area contributed by atoms with Crippen molar-refractivity contribution in [1.29, 1.82) is 0 Å². The van der Waals surface area contributed by atoms with E-state index in [4.69, 9.17) is 9.05 Å². The Hall–Kier alpha value is -1.48. The number of aromatic nitrogens is 1. The van der Waals surface area contributed by atoms with Gasteiger partial charge in [-0.15, -0.1) is 0 Å². The standard InChI is InChI=1S/C16H20NO3P/c1-4-19-21(18,20-5-2)9-8-14-6-7-15-10-13(3)12-17-16(15)11-14/h6-12H,4-5H2,1-3H3/b9-8+. The second-order valence-corrected chi connectivity index (χ2v) is 6.55. The molecule has 0 aliphatic heterocycles. The molecule has 0 aliphatic rings. The van der Waals surface area contributed by atoms with Crippen molar-refractivity contribution >= 4 is 24.6 Å². The lowest BCUT2D eigenvalue weighted by molar-refractivity contribution is 0.229. The molecule has 0 radical (unpaired) electrons. The van der Waals surface area contributed by atoms with E-state index in [1.54, 1.807) is 19.9 Å². The monoisotopic (exact) mass is 305 g/mol. The molecule has 2 aromatic rings. The summed E-state index contributed by atoms with van der Waals surface area (Å²) in [5.74, 6) is 1.51. The van der Waals surface area contributed by atoms with E-state index < -0.39 is 7.60 Å². The molecule has 0 saturated carbocycles. The number of hydrogen-bond acceptors (Lipinski definition) is 4. The first-order valence-electron chi connectivity index (χ1n) is 7.01. The van der Waals surface area contributed by atoms with Crippen LogP contribution in [0.2, 0.25) is 0 Å². The zero-order chi connectivity index (χ0) is 15.3. The van der Waals surface area contributed by atoms with Gasteiger partial charge in [0.2, 0.25) is 0 Å². The molecule has 5 heteroatoms. The first-order valence-corrected chi connectivity index (χ1v) is 8.62. The average Bonchev–Trinajstić information content (AvgIpc) is 2.46. The smallest absolute Gasteiger partial charge is 0.306 e. The van der Waals surface area contributed by atoms with E-state index in [1.165, 1.54) is 5.82 Å². The normalized spacial score (nSPS) is 12.3. The van der Waals surface area contributed by atoms with Crippen molar-refractivity contribution in [3.63, 3.8) is 0 Å². The molecule has 2 rings (SSSR count). The third-order valence-electron chi connectivity index (χ3n) is 2.91. The largest absolute Gasteiger partial charge is 0.354 e. The molecule has 4 nitrogen and oxygen atoms in total. The summed E-state index contributed by atoms with van der Waals surface area (Å²) in [6.45, 7) is 6.30. The molecular formula is C16H20NO3P. The lowest BCUT2D eigenvalue weighted by Gasteiger charge is -2.12. The van der Waals surface area contributed by atoms with Gasteiger partial charge in [-0.3, -0.25) is 9.55 Å². The van der Waals surface area contributed by atoms with Gasteiger partial charge in [0.1, 0.15) is 0 Å². The number of rotatable bonds is 6. The van der Waals surface area contributed by atoms with Crippen molar-refractivity contribution in [2.75, 3.05) is 13.2 Å². The highest BCUT2D eigenvalue weighted by Crippen LogP contribution is 2.50. The Labute approximate surface area is 125 Å². The summed E-state index contributed by atoms with van der Waals surface area (Å²) in [5.41, 5.74) is 2.95. The molecule has 112 valence electrons. The minimum atomic E-state index is -3.15. The number of nitrogens with zero attached hydrogens (tertiary/aromatic N) is 1. The van der Waals surface area contributed by atoms with Gasteiger partial charge in [0.05, 0.1) is 18.7 Å². The highest BCUT2D eigenvalue weighted by molar-refractivity contribution is 7.57. The maximum atomic E-state index is 12.3. The summed E-state index contributed by atoms with van der Waals surface area (Å²) in [7, 11) is -3.15. The highest BCUT2D eigenvalue weighted by Gasteiger charge is 2.18. The fourth-order valence-electron chi connectivity index (χ4n) is 2.01. The molecule has 1 heterocycles. The molecule has 0 N–H and O–H groups in total.